The molecule has 1 rings (SSSR count). The Morgan fingerprint density at radius 2 is 2.23 bits per heavy atom. The Labute approximate surface area is 81.9 Å². The van der Waals surface area contributed by atoms with Crippen molar-refractivity contribution in [1.82, 2.24) is 0 Å². The van der Waals surface area contributed by atoms with Crippen molar-refractivity contribution in [3.05, 3.63) is 29.0 Å². The van der Waals surface area contributed by atoms with Crippen molar-refractivity contribution in [2.24, 2.45) is 5.73 Å². The highest BCUT2D eigenvalue weighted by Crippen LogP contribution is 2.21. The maximum atomic E-state index is 12.7. The molecule has 0 aromatic heterocycles. The summed E-state index contributed by atoms with van der Waals surface area (Å²) in [4.78, 5) is 0. The molecule has 4 heteroatoms. The molecule has 0 aliphatic carbocycles. The molecule has 0 aliphatic heterocycles. The van der Waals surface area contributed by atoms with Gasteiger partial charge in [-0.2, -0.15) is 0 Å². The van der Waals surface area contributed by atoms with E-state index in [-0.39, 0.29) is 5.82 Å². The molecule has 0 radical (unpaired) electrons. The first-order valence-corrected chi connectivity index (χ1v) is 4.51. The number of nitrogens with two attached hydrogens (primary N) is 1. The second kappa shape index (κ2) is 5.04. The van der Waals surface area contributed by atoms with Crippen LogP contribution < -0.4 is 11.1 Å². The van der Waals surface area contributed by atoms with Gasteiger partial charge in [0.1, 0.15) is 5.82 Å². The molecule has 0 atom stereocenters. The molecule has 1 aromatic rings. The van der Waals surface area contributed by atoms with Crippen LogP contribution in [0.2, 0.25) is 5.02 Å². The molecule has 0 amide bonds. The Bertz CT molecular complexity index is 278. The zero-order valence-electron chi connectivity index (χ0n) is 7.19. The molecule has 0 unspecified atom stereocenters. The van der Waals surface area contributed by atoms with Crippen LogP contribution in [0.25, 0.3) is 0 Å². The number of nitrogens with one attached hydrogen (secondary N) is 1. The van der Waals surface area contributed by atoms with Crippen LogP contribution in [-0.2, 0) is 0 Å². The number of anilines is 1. The predicted octanol–water partition coefficient (Wildman–Crippen LogP) is 2.24. The molecular formula is C9H12ClFN2. The minimum absolute atomic E-state index is 0.292. The maximum Gasteiger partial charge on any atom is 0.125 e. The van der Waals surface area contributed by atoms with E-state index in [4.69, 9.17) is 17.3 Å². The van der Waals surface area contributed by atoms with Gasteiger partial charge in [-0.05, 0) is 31.2 Å². The molecule has 0 fully saturated rings. The fourth-order valence-corrected chi connectivity index (χ4v) is 1.14. The summed E-state index contributed by atoms with van der Waals surface area (Å²) >= 11 is 5.81. The molecule has 0 saturated carbocycles. The molecule has 0 spiro atoms. The van der Waals surface area contributed by atoms with Crippen molar-refractivity contribution >= 4 is 17.3 Å². The van der Waals surface area contributed by atoms with E-state index >= 15 is 0 Å². The van der Waals surface area contributed by atoms with Crippen LogP contribution in [0.1, 0.15) is 6.42 Å². The average Bonchev–Trinajstić information content (AvgIpc) is 2.11. The van der Waals surface area contributed by atoms with Gasteiger partial charge in [-0.25, -0.2) is 4.39 Å². The molecule has 13 heavy (non-hydrogen) atoms. The summed E-state index contributed by atoms with van der Waals surface area (Å²) in [7, 11) is 0. The summed E-state index contributed by atoms with van der Waals surface area (Å²) < 4.78 is 12.7. The van der Waals surface area contributed by atoms with Crippen molar-refractivity contribution in [2.75, 3.05) is 18.4 Å². The molecule has 0 bridgehead atoms. The highest BCUT2D eigenvalue weighted by molar-refractivity contribution is 6.33. The third-order valence-electron chi connectivity index (χ3n) is 1.62. The lowest BCUT2D eigenvalue weighted by molar-refractivity contribution is 0.628. The Morgan fingerprint density at radius 1 is 1.46 bits per heavy atom. The first-order chi connectivity index (χ1) is 6.24. The zero-order chi connectivity index (χ0) is 9.68. The number of benzene rings is 1. The van der Waals surface area contributed by atoms with Gasteiger partial charge in [0.15, 0.2) is 0 Å². The number of hydrogen-bond acceptors (Lipinski definition) is 2. The average molecular weight is 203 g/mol. The van der Waals surface area contributed by atoms with E-state index in [1.54, 1.807) is 0 Å². The van der Waals surface area contributed by atoms with Gasteiger partial charge in [-0.15, -0.1) is 0 Å². The molecule has 3 N–H and O–H groups in total. The van der Waals surface area contributed by atoms with E-state index in [2.05, 4.69) is 5.32 Å². The van der Waals surface area contributed by atoms with Crippen molar-refractivity contribution in [3.63, 3.8) is 0 Å². The van der Waals surface area contributed by atoms with Crippen molar-refractivity contribution in [1.29, 1.82) is 0 Å². The Hall–Kier alpha value is -0.800. The molecular weight excluding hydrogens is 191 g/mol. The zero-order valence-corrected chi connectivity index (χ0v) is 7.94. The summed E-state index contributed by atoms with van der Waals surface area (Å²) in [5.74, 6) is -0.292. The van der Waals surface area contributed by atoms with E-state index in [0.29, 0.717) is 23.8 Å². The second-order valence-corrected chi connectivity index (χ2v) is 3.10. The Balaban J connectivity index is 2.59. The van der Waals surface area contributed by atoms with Gasteiger partial charge in [0.05, 0.1) is 10.7 Å². The summed E-state index contributed by atoms with van der Waals surface area (Å²) in [6.45, 7) is 1.32. The first kappa shape index (κ1) is 10.3. The molecule has 0 heterocycles. The van der Waals surface area contributed by atoms with Crippen LogP contribution in [0.5, 0.6) is 0 Å². The third kappa shape index (κ3) is 3.20. The molecule has 0 saturated heterocycles. The highest BCUT2D eigenvalue weighted by atomic mass is 35.5. The van der Waals surface area contributed by atoms with Gasteiger partial charge in [0.2, 0.25) is 0 Å². The topological polar surface area (TPSA) is 38.0 Å². The Morgan fingerprint density at radius 3 is 2.92 bits per heavy atom. The van der Waals surface area contributed by atoms with E-state index in [1.165, 1.54) is 18.2 Å². The van der Waals surface area contributed by atoms with Crippen LogP contribution in [0, 0.1) is 5.82 Å². The Kier molecular flexibility index (Phi) is 3.99. The smallest absolute Gasteiger partial charge is 0.125 e. The fourth-order valence-electron chi connectivity index (χ4n) is 0.958. The fraction of sp³-hybridized carbons (Fsp3) is 0.333. The van der Waals surface area contributed by atoms with E-state index in [0.717, 1.165) is 6.42 Å². The summed E-state index contributed by atoms with van der Waals surface area (Å²) in [5, 5.41) is 3.53. The van der Waals surface area contributed by atoms with Crippen molar-refractivity contribution < 1.29 is 4.39 Å². The van der Waals surface area contributed by atoms with E-state index in [1.807, 2.05) is 0 Å². The minimum Gasteiger partial charge on any atom is -0.384 e. The molecule has 1 aromatic carbocycles. The normalized spacial score (nSPS) is 10.1. The first-order valence-electron chi connectivity index (χ1n) is 4.13. The standard InChI is InChI=1S/C9H12ClFN2/c10-8-3-2-7(11)6-9(8)13-5-1-4-12/h2-3,6,13H,1,4-5,12H2. The minimum atomic E-state index is -0.292. The molecule has 2 nitrogen and oxygen atoms in total. The number of halogens is 2. The van der Waals surface area contributed by atoms with E-state index < -0.39 is 0 Å². The highest BCUT2D eigenvalue weighted by Gasteiger charge is 2.00. The molecule has 72 valence electrons. The number of hydrogen-bond donors (Lipinski definition) is 2. The lowest BCUT2D eigenvalue weighted by Gasteiger charge is -2.06. The summed E-state index contributed by atoms with van der Waals surface area (Å²) in [6.07, 6.45) is 0.840. The van der Waals surface area contributed by atoms with Crippen LogP contribution in [0.15, 0.2) is 18.2 Å². The van der Waals surface area contributed by atoms with Gasteiger partial charge in [0.25, 0.3) is 0 Å². The van der Waals surface area contributed by atoms with Crippen molar-refractivity contribution in [2.45, 2.75) is 6.42 Å². The lowest BCUT2D eigenvalue weighted by atomic mass is 10.3. The van der Waals surface area contributed by atoms with Gasteiger partial charge in [-0.3, -0.25) is 0 Å². The summed E-state index contributed by atoms with van der Waals surface area (Å²) in [6, 6.07) is 4.23. The van der Waals surface area contributed by atoms with Gasteiger partial charge < -0.3 is 11.1 Å². The predicted molar refractivity (Wildman–Crippen MR) is 53.6 cm³/mol. The van der Waals surface area contributed by atoms with Gasteiger partial charge in [-0.1, -0.05) is 11.6 Å². The quantitative estimate of drug-likeness (QED) is 0.735. The van der Waals surface area contributed by atoms with E-state index in [9.17, 15) is 4.39 Å². The molecule has 0 aliphatic rings. The monoisotopic (exact) mass is 202 g/mol. The third-order valence-corrected chi connectivity index (χ3v) is 1.95. The summed E-state index contributed by atoms with van der Waals surface area (Å²) in [5.41, 5.74) is 5.93. The van der Waals surface area contributed by atoms with Crippen LogP contribution in [0.3, 0.4) is 0 Å². The van der Waals surface area contributed by atoms with Crippen molar-refractivity contribution in [3.8, 4) is 0 Å². The van der Waals surface area contributed by atoms with Gasteiger partial charge in [0, 0.05) is 6.54 Å². The maximum absolute atomic E-state index is 12.7. The number of rotatable bonds is 4. The lowest BCUT2D eigenvalue weighted by Crippen LogP contribution is -2.08. The SMILES string of the molecule is NCCCNc1cc(F)ccc1Cl. The largest absolute Gasteiger partial charge is 0.384 e. The second-order valence-electron chi connectivity index (χ2n) is 2.69. The van der Waals surface area contributed by atoms with Gasteiger partial charge >= 0.3 is 0 Å². The van der Waals surface area contributed by atoms with Crippen LogP contribution in [0.4, 0.5) is 10.1 Å². The van der Waals surface area contributed by atoms with Crippen LogP contribution >= 0.6 is 11.6 Å². The van der Waals surface area contributed by atoms with Crippen LogP contribution in [-0.4, -0.2) is 13.1 Å².